The number of piperazine rings is 1. The maximum atomic E-state index is 12.5. The summed E-state index contributed by atoms with van der Waals surface area (Å²) in [6.07, 6.45) is 0. The molecule has 1 aromatic carbocycles. The molecule has 2 aliphatic heterocycles. The van der Waals surface area contributed by atoms with E-state index in [-0.39, 0.29) is 17.0 Å². The summed E-state index contributed by atoms with van der Waals surface area (Å²) >= 11 is 0. The Morgan fingerprint density at radius 3 is 2.57 bits per heavy atom. The highest BCUT2D eigenvalue weighted by molar-refractivity contribution is 5.90. The molecule has 0 N–H and O–H groups in total. The summed E-state index contributed by atoms with van der Waals surface area (Å²) in [6, 6.07) is 10.1. The smallest absolute Gasteiger partial charge is 0.244 e. The Bertz CT molecular complexity index is 529. The summed E-state index contributed by atoms with van der Waals surface area (Å²) in [7, 11) is 0. The quantitative estimate of drug-likeness (QED) is 0.613. The van der Waals surface area contributed by atoms with E-state index in [4.69, 9.17) is 4.74 Å². The zero-order chi connectivity index (χ0) is 15.1. The molecular formula is C17H24N2O2. The van der Waals surface area contributed by atoms with E-state index in [0.29, 0.717) is 19.8 Å². The Morgan fingerprint density at radius 1 is 1.14 bits per heavy atom. The Balaban J connectivity index is 1.50. The zero-order valence-electron chi connectivity index (χ0n) is 13.1. The van der Waals surface area contributed by atoms with Crippen LogP contribution in [0.1, 0.15) is 26.3 Å². The third kappa shape index (κ3) is 2.70. The molecule has 3 rings (SSSR count). The van der Waals surface area contributed by atoms with Crippen molar-refractivity contribution in [3.05, 3.63) is 35.9 Å². The predicted octanol–water partition coefficient (Wildman–Crippen LogP) is 1.90. The van der Waals surface area contributed by atoms with Crippen molar-refractivity contribution >= 4 is 5.91 Å². The van der Waals surface area contributed by atoms with Crippen LogP contribution in [0.25, 0.3) is 0 Å². The molecule has 2 heterocycles. The molecule has 4 nitrogen and oxygen atoms in total. The molecule has 1 aromatic rings. The normalized spacial score (nSPS) is 30.1. The minimum absolute atomic E-state index is 0.0715. The number of carbonyl (C=O) groups is 1. The van der Waals surface area contributed by atoms with E-state index in [2.05, 4.69) is 30.9 Å². The van der Waals surface area contributed by atoms with Gasteiger partial charge in [0.25, 0.3) is 0 Å². The third-order valence-corrected chi connectivity index (χ3v) is 4.63. The SMILES string of the molecule is CC1(C)CN(CCOCc2ccccc2)C(=O)[C@]2(C)CN12. The van der Waals surface area contributed by atoms with Crippen LogP contribution in [0.5, 0.6) is 0 Å². The van der Waals surface area contributed by atoms with Gasteiger partial charge in [-0.1, -0.05) is 30.3 Å². The van der Waals surface area contributed by atoms with E-state index in [0.717, 1.165) is 13.1 Å². The fraction of sp³-hybridized carbons (Fsp3) is 0.588. The minimum atomic E-state index is -0.263. The first-order chi connectivity index (χ1) is 9.93. The maximum Gasteiger partial charge on any atom is 0.244 e. The summed E-state index contributed by atoms with van der Waals surface area (Å²) in [5, 5.41) is 0. The summed E-state index contributed by atoms with van der Waals surface area (Å²) in [4.78, 5) is 16.7. The fourth-order valence-electron chi connectivity index (χ4n) is 3.42. The Morgan fingerprint density at radius 2 is 1.86 bits per heavy atom. The van der Waals surface area contributed by atoms with Crippen molar-refractivity contribution in [2.24, 2.45) is 0 Å². The van der Waals surface area contributed by atoms with Gasteiger partial charge in [-0.05, 0) is 26.3 Å². The van der Waals surface area contributed by atoms with Crippen molar-refractivity contribution in [3.63, 3.8) is 0 Å². The average Bonchev–Trinajstić information content (AvgIpc) is 3.17. The maximum absolute atomic E-state index is 12.5. The van der Waals surface area contributed by atoms with E-state index in [9.17, 15) is 4.79 Å². The van der Waals surface area contributed by atoms with Gasteiger partial charge in [-0.3, -0.25) is 9.69 Å². The Labute approximate surface area is 126 Å². The molecule has 0 aromatic heterocycles. The molecular weight excluding hydrogens is 264 g/mol. The van der Waals surface area contributed by atoms with Gasteiger partial charge < -0.3 is 9.64 Å². The lowest BCUT2D eigenvalue weighted by atomic mass is 9.98. The lowest BCUT2D eigenvalue weighted by molar-refractivity contribution is -0.142. The molecule has 0 bridgehead atoms. The minimum Gasteiger partial charge on any atom is -0.375 e. The number of fused-ring (bicyclic) bond motifs is 1. The van der Waals surface area contributed by atoms with Gasteiger partial charge >= 0.3 is 0 Å². The molecule has 0 radical (unpaired) electrons. The number of rotatable bonds is 5. The molecule has 2 saturated heterocycles. The zero-order valence-corrected chi connectivity index (χ0v) is 13.1. The third-order valence-electron chi connectivity index (χ3n) is 4.63. The van der Waals surface area contributed by atoms with Gasteiger partial charge in [0, 0.05) is 25.2 Å². The first kappa shape index (κ1) is 14.5. The van der Waals surface area contributed by atoms with Gasteiger partial charge in [0.2, 0.25) is 5.91 Å². The van der Waals surface area contributed by atoms with Gasteiger partial charge in [0.15, 0.2) is 0 Å². The molecule has 0 saturated carbocycles. The van der Waals surface area contributed by atoms with Gasteiger partial charge in [-0.2, -0.15) is 0 Å². The van der Waals surface area contributed by atoms with Gasteiger partial charge in [-0.15, -0.1) is 0 Å². The van der Waals surface area contributed by atoms with Crippen molar-refractivity contribution in [1.29, 1.82) is 0 Å². The molecule has 0 spiro atoms. The lowest BCUT2D eigenvalue weighted by Crippen LogP contribution is -2.58. The Hall–Kier alpha value is -1.39. The van der Waals surface area contributed by atoms with Crippen molar-refractivity contribution in [1.82, 2.24) is 9.80 Å². The lowest BCUT2D eigenvalue weighted by Gasteiger charge is -2.41. The molecule has 114 valence electrons. The summed E-state index contributed by atoms with van der Waals surface area (Å²) in [5.74, 6) is 0.255. The van der Waals surface area contributed by atoms with E-state index in [1.54, 1.807) is 0 Å². The van der Waals surface area contributed by atoms with Crippen molar-refractivity contribution in [3.8, 4) is 0 Å². The van der Waals surface area contributed by atoms with Crippen LogP contribution in [0.4, 0.5) is 0 Å². The number of nitrogens with zero attached hydrogens (tertiary/aromatic N) is 2. The topological polar surface area (TPSA) is 32.5 Å². The second-order valence-corrected chi connectivity index (χ2v) is 6.94. The highest BCUT2D eigenvalue weighted by Crippen LogP contribution is 2.44. The van der Waals surface area contributed by atoms with Crippen LogP contribution in [-0.4, -0.2) is 53.0 Å². The van der Waals surface area contributed by atoms with Crippen LogP contribution >= 0.6 is 0 Å². The predicted molar refractivity (Wildman–Crippen MR) is 81.9 cm³/mol. The van der Waals surface area contributed by atoms with Crippen molar-refractivity contribution in [2.75, 3.05) is 26.2 Å². The van der Waals surface area contributed by atoms with E-state index >= 15 is 0 Å². The molecule has 4 heteroatoms. The first-order valence-electron chi connectivity index (χ1n) is 7.62. The van der Waals surface area contributed by atoms with E-state index in [1.165, 1.54) is 5.56 Å². The largest absolute Gasteiger partial charge is 0.375 e. The number of hydrogen-bond acceptors (Lipinski definition) is 3. The molecule has 1 amide bonds. The van der Waals surface area contributed by atoms with E-state index < -0.39 is 0 Å². The number of hydrogen-bond donors (Lipinski definition) is 0. The van der Waals surface area contributed by atoms with Crippen LogP contribution in [0.2, 0.25) is 0 Å². The van der Waals surface area contributed by atoms with Crippen LogP contribution in [-0.2, 0) is 16.1 Å². The number of amides is 1. The second kappa shape index (κ2) is 5.11. The standard InChI is InChI=1S/C17H24N2O2/c1-16(2)12-18(15(20)17(3)13-19(16)17)9-10-21-11-14-7-5-4-6-8-14/h4-8H,9-13H2,1-3H3/t17-,19?/m0/s1. The molecule has 2 fully saturated rings. The van der Waals surface area contributed by atoms with Crippen molar-refractivity contribution in [2.45, 2.75) is 38.5 Å². The van der Waals surface area contributed by atoms with Crippen LogP contribution < -0.4 is 0 Å². The number of benzene rings is 1. The van der Waals surface area contributed by atoms with E-state index in [1.807, 2.05) is 30.0 Å². The second-order valence-electron chi connectivity index (χ2n) is 6.94. The number of carbonyl (C=O) groups excluding carboxylic acids is 1. The Kier molecular flexibility index (Phi) is 3.54. The molecule has 1 unspecified atom stereocenters. The summed E-state index contributed by atoms with van der Waals surface area (Å²) < 4.78 is 5.71. The van der Waals surface area contributed by atoms with Crippen LogP contribution in [0, 0.1) is 0 Å². The molecule has 0 aliphatic carbocycles. The first-order valence-corrected chi connectivity index (χ1v) is 7.62. The molecule has 2 aliphatic rings. The van der Waals surface area contributed by atoms with Crippen LogP contribution in [0.3, 0.4) is 0 Å². The van der Waals surface area contributed by atoms with Gasteiger partial charge in [0.1, 0.15) is 5.54 Å². The van der Waals surface area contributed by atoms with Gasteiger partial charge in [-0.25, -0.2) is 0 Å². The van der Waals surface area contributed by atoms with Gasteiger partial charge in [0.05, 0.1) is 13.2 Å². The molecule has 21 heavy (non-hydrogen) atoms. The van der Waals surface area contributed by atoms with Crippen LogP contribution in [0.15, 0.2) is 30.3 Å². The average molecular weight is 288 g/mol. The summed E-state index contributed by atoms with van der Waals surface area (Å²) in [5.41, 5.74) is 0.978. The summed E-state index contributed by atoms with van der Waals surface area (Å²) in [6.45, 7) is 10.0. The molecule has 2 atom stereocenters. The highest BCUT2D eigenvalue weighted by Gasteiger charge is 2.64. The van der Waals surface area contributed by atoms with Crippen molar-refractivity contribution < 1.29 is 9.53 Å². The number of ether oxygens (including phenoxy) is 1. The highest BCUT2D eigenvalue weighted by atomic mass is 16.5. The fourth-order valence-corrected chi connectivity index (χ4v) is 3.42. The monoisotopic (exact) mass is 288 g/mol.